The van der Waals surface area contributed by atoms with Gasteiger partial charge in [0.2, 0.25) is 5.75 Å². The predicted molar refractivity (Wildman–Crippen MR) is 101 cm³/mol. The van der Waals surface area contributed by atoms with E-state index in [1.54, 1.807) is 22.8 Å². The van der Waals surface area contributed by atoms with Gasteiger partial charge in [0, 0.05) is 17.5 Å². The highest BCUT2D eigenvalue weighted by Crippen LogP contribution is 2.35. The average Bonchev–Trinajstić information content (AvgIpc) is 2.56. The van der Waals surface area contributed by atoms with E-state index in [0.29, 0.717) is 24.5 Å². The molecule has 2 aromatic rings. The number of nitrogens with zero attached hydrogens (tertiary/aromatic N) is 1. The number of aromatic nitrogens is 1. The maximum atomic E-state index is 13.1. The number of hydrogen-bond acceptors (Lipinski definition) is 4. The smallest absolute Gasteiger partial charge is 0.297 e. The third-order valence-electron chi connectivity index (χ3n) is 4.11. The summed E-state index contributed by atoms with van der Waals surface area (Å²) in [7, 11) is 0. The highest BCUT2D eigenvalue weighted by atomic mass is 16.5. The second-order valence-corrected chi connectivity index (χ2v) is 6.53. The molecule has 0 saturated carbocycles. The number of phenolic OH excluding ortho intramolecular Hbond substituents is 1. The molecule has 5 heteroatoms. The van der Waals surface area contributed by atoms with E-state index < -0.39 is 0 Å². The van der Waals surface area contributed by atoms with Crippen molar-refractivity contribution >= 4 is 10.9 Å². The van der Waals surface area contributed by atoms with Gasteiger partial charge in [-0.25, -0.2) is 0 Å². The summed E-state index contributed by atoms with van der Waals surface area (Å²) in [4.78, 5) is 13.1. The van der Waals surface area contributed by atoms with Gasteiger partial charge in [0.15, 0.2) is 5.75 Å². The van der Waals surface area contributed by atoms with Crippen LogP contribution < -0.4 is 15.0 Å². The summed E-state index contributed by atoms with van der Waals surface area (Å²) >= 11 is 0. The number of hydrogen-bond donors (Lipinski definition) is 1. The molecule has 0 bridgehead atoms. The molecule has 1 aromatic heterocycles. The topological polar surface area (TPSA) is 60.7 Å². The third-order valence-corrected chi connectivity index (χ3v) is 4.11. The van der Waals surface area contributed by atoms with Crippen molar-refractivity contribution < 1.29 is 14.6 Å². The Balaban J connectivity index is 2.67. The Hall–Kier alpha value is -2.17. The molecule has 0 fully saturated rings. The van der Waals surface area contributed by atoms with Crippen molar-refractivity contribution in [3.05, 3.63) is 28.6 Å². The number of phenols is 1. The summed E-state index contributed by atoms with van der Waals surface area (Å²) in [5, 5.41) is 10.7. The van der Waals surface area contributed by atoms with Crippen molar-refractivity contribution in [2.45, 2.75) is 59.4 Å². The molecule has 138 valence electrons. The van der Waals surface area contributed by atoms with Crippen molar-refractivity contribution in [3.63, 3.8) is 0 Å². The number of unbranched alkanes of at least 4 members (excludes halogenated alkanes) is 2. The van der Waals surface area contributed by atoms with Crippen LogP contribution in [0.4, 0.5) is 0 Å². The van der Waals surface area contributed by atoms with Gasteiger partial charge in [-0.3, -0.25) is 4.79 Å². The second-order valence-electron chi connectivity index (χ2n) is 6.53. The predicted octanol–water partition coefficient (Wildman–Crippen LogP) is 4.65. The van der Waals surface area contributed by atoms with E-state index in [9.17, 15) is 9.90 Å². The van der Waals surface area contributed by atoms with Gasteiger partial charge < -0.3 is 19.1 Å². The van der Waals surface area contributed by atoms with Gasteiger partial charge in [0.05, 0.1) is 18.7 Å². The highest BCUT2D eigenvalue weighted by Gasteiger charge is 2.21. The summed E-state index contributed by atoms with van der Waals surface area (Å²) < 4.78 is 13.5. The van der Waals surface area contributed by atoms with E-state index in [-0.39, 0.29) is 23.1 Å². The van der Waals surface area contributed by atoms with Gasteiger partial charge in [-0.15, -0.1) is 0 Å². The Labute approximate surface area is 149 Å². The van der Waals surface area contributed by atoms with Gasteiger partial charge in [-0.05, 0) is 38.8 Å². The first kappa shape index (κ1) is 19.2. The summed E-state index contributed by atoms with van der Waals surface area (Å²) in [6, 6.07) is 4.95. The second kappa shape index (κ2) is 8.79. The zero-order valence-electron chi connectivity index (χ0n) is 15.7. The van der Waals surface area contributed by atoms with Crippen LogP contribution in [0.5, 0.6) is 17.2 Å². The van der Waals surface area contributed by atoms with E-state index in [1.165, 1.54) is 0 Å². The van der Waals surface area contributed by atoms with E-state index in [0.717, 1.165) is 31.1 Å². The molecule has 0 saturated heterocycles. The maximum absolute atomic E-state index is 13.1. The number of fused-ring (bicyclic) bond motifs is 1. The number of benzene rings is 1. The van der Waals surface area contributed by atoms with Crippen LogP contribution >= 0.6 is 0 Å². The molecule has 0 amide bonds. The van der Waals surface area contributed by atoms with Crippen LogP contribution in [0.2, 0.25) is 0 Å². The Morgan fingerprint density at radius 1 is 1.04 bits per heavy atom. The van der Waals surface area contributed by atoms with Crippen molar-refractivity contribution in [2.75, 3.05) is 13.2 Å². The maximum Gasteiger partial charge on any atom is 0.297 e. The summed E-state index contributed by atoms with van der Waals surface area (Å²) in [6.45, 7) is 9.07. The molecule has 0 atom stereocenters. The fourth-order valence-electron chi connectivity index (χ4n) is 2.77. The summed E-state index contributed by atoms with van der Waals surface area (Å²) in [5.74, 6) is 0.887. The fourth-order valence-corrected chi connectivity index (χ4v) is 2.77. The Kier molecular flexibility index (Phi) is 6.73. The number of ether oxygens (including phenoxy) is 2. The SMILES string of the molecule is CCCCOc1c(OCCCC)c2ccc(O)cc2n(C(C)C)c1=O. The highest BCUT2D eigenvalue weighted by molar-refractivity contribution is 5.89. The van der Waals surface area contributed by atoms with Gasteiger partial charge in [-0.1, -0.05) is 26.7 Å². The minimum absolute atomic E-state index is 0.0602. The molecule has 1 heterocycles. The zero-order chi connectivity index (χ0) is 18.4. The van der Waals surface area contributed by atoms with Crippen LogP contribution in [0.1, 0.15) is 59.4 Å². The lowest BCUT2D eigenvalue weighted by molar-refractivity contribution is 0.259. The molecule has 2 rings (SSSR count). The minimum Gasteiger partial charge on any atom is -0.508 e. The van der Waals surface area contributed by atoms with E-state index in [2.05, 4.69) is 13.8 Å². The van der Waals surface area contributed by atoms with Crippen LogP contribution in [-0.2, 0) is 0 Å². The van der Waals surface area contributed by atoms with Crippen molar-refractivity contribution in [1.29, 1.82) is 0 Å². The lowest BCUT2D eigenvalue weighted by Gasteiger charge is -2.20. The molecule has 0 spiro atoms. The number of rotatable bonds is 9. The van der Waals surface area contributed by atoms with Crippen LogP contribution in [0.15, 0.2) is 23.0 Å². The van der Waals surface area contributed by atoms with E-state index in [1.807, 2.05) is 13.8 Å². The summed E-state index contributed by atoms with van der Waals surface area (Å²) in [5.41, 5.74) is 0.449. The molecule has 0 aliphatic heterocycles. The normalized spacial score (nSPS) is 11.2. The van der Waals surface area contributed by atoms with Crippen LogP contribution in [0.25, 0.3) is 10.9 Å². The third kappa shape index (κ3) is 4.27. The molecular weight excluding hydrogens is 318 g/mol. The Morgan fingerprint density at radius 2 is 1.64 bits per heavy atom. The van der Waals surface area contributed by atoms with Crippen LogP contribution in [0, 0.1) is 0 Å². The quantitative estimate of drug-likeness (QED) is 0.671. The van der Waals surface area contributed by atoms with Crippen molar-refractivity contribution in [3.8, 4) is 17.2 Å². The number of aromatic hydroxyl groups is 1. The number of pyridine rings is 1. The standard InChI is InChI=1S/C20H29NO4/c1-5-7-11-24-18-16-10-9-15(22)13-17(16)21(14(3)4)20(23)19(18)25-12-8-6-2/h9-10,13-14,22H,5-8,11-12H2,1-4H3. The van der Waals surface area contributed by atoms with Crippen LogP contribution in [0.3, 0.4) is 0 Å². The van der Waals surface area contributed by atoms with Crippen molar-refractivity contribution in [2.24, 2.45) is 0 Å². The first-order chi connectivity index (χ1) is 12.0. The molecule has 0 radical (unpaired) electrons. The lowest BCUT2D eigenvalue weighted by Crippen LogP contribution is -2.25. The molecule has 25 heavy (non-hydrogen) atoms. The minimum atomic E-state index is -0.212. The summed E-state index contributed by atoms with van der Waals surface area (Å²) in [6.07, 6.45) is 3.78. The Bertz CT molecular complexity index is 764. The van der Waals surface area contributed by atoms with Gasteiger partial charge in [0.25, 0.3) is 5.56 Å². The molecule has 0 aliphatic rings. The van der Waals surface area contributed by atoms with Crippen molar-refractivity contribution in [1.82, 2.24) is 4.57 Å². The van der Waals surface area contributed by atoms with Gasteiger partial charge in [-0.2, -0.15) is 0 Å². The molecule has 0 aliphatic carbocycles. The molecule has 1 N–H and O–H groups in total. The van der Waals surface area contributed by atoms with Gasteiger partial charge >= 0.3 is 0 Å². The first-order valence-corrected chi connectivity index (χ1v) is 9.18. The Morgan fingerprint density at radius 3 is 2.20 bits per heavy atom. The lowest BCUT2D eigenvalue weighted by atomic mass is 10.1. The first-order valence-electron chi connectivity index (χ1n) is 9.18. The van der Waals surface area contributed by atoms with E-state index >= 15 is 0 Å². The molecule has 0 unspecified atom stereocenters. The zero-order valence-corrected chi connectivity index (χ0v) is 15.7. The molecular formula is C20H29NO4. The monoisotopic (exact) mass is 347 g/mol. The molecule has 1 aromatic carbocycles. The molecule has 5 nitrogen and oxygen atoms in total. The fraction of sp³-hybridized carbons (Fsp3) is 0.550. The largest absolute Gasteiger partial charge is 0.508 e. The van der Waals surface area contributed by atoms with E-state index in [4.69, 9.17) is 9.47 Å². The van der Waals surface area contributed by atoms with Gasteiger partial charge in [0.1, 0.15) is 5.75 Å². The van der Waals surface area contributed by atoms with Crippen LogP contribution in [-0.4, -0.2) is 22.9 Å². The average molecular weight is 347 g/mol.